The van der Waals surface area contributed by atoms with Crippen LogP contribution in [0.5, 0.6) is 0 Å². The molecule has 0 bridgehead atoms. The summed E-state index contributed by atoms with van der Waals surface area (Å²) in [6.45, 7) is 7.51. The standard InChI is InChI=1S/C17H21F3N2O2S/c1-4-24-9-8-22-11(2)12(3)25-16(22)21-15(23)13-6-5-7-14(10-13)17(18,19)20/h5-7,10,16H,4,8-9H2,1-3H3,(H,21,23). The van der Waals surface area contributed by atoms with Gasteiger partial charge in [0.05, 0.1) is 12.2 Å². The van der Waals surface area contributed by atoms with E-state index in [0.717, 1.165) is 22.7 Å². The largest absolute Gasteiger partial charge is 0.416 e. The summed E-state index contributed by atoms with van der Waals surface area (Å²) >= 11 is 1.47. The Bertz CT molecular complexity index is 662. The maximum absolute atomic E-state index is 12.8. The number of amides is 1. The van der Waals surface area contributed by atoms with Gasteiger partial charge >= 0.3 is 6.18 Å². The molecule has 8 heteroatoms. The highest BCUT2D eigenvalue weighted by molar-refractivity contribution is 8.03. The number of halogens is 3. The quantitative estimate of drug-likeness (QED) is 0.763. The molecule has 0 aromatic heterocycles. The van der Waals surface area contributed by atoms with Crippen LogP contribution >= 0.6 is 11.8 Å². The smallest absolute Gasteiger partial charge is 0.380 e. The van der Waals surface area contributed by atoms with Gasteiger partial charge in [-0.3, -0.25) is 4.79 Å². The number of hydrogen-bond donors (Lipinski definition) is 1. The van der Waals surface area contributed by atoms with Crippen molar-refractivity contribution in [3.05, 3.63) is 46.0 Å². The fourth-order valence-electron chi connectivity index (χ4n) is 2.43. The number of alkyl halides is 3. The average Bonchev–Trinajstić information content (AvgIpc) is 2.82. The minimum atomic E-state index is -4.48. The van der Waals surface area contributed by atoms with Gasteiger partial charge in [0.1, 0.15) is 0 Å². The number of carbonyl (C=O) groups excluding carboxylic acids is 1. The minimum Gasteiger partial charge on any atom is -0.380 e. The van der Waals surface area contributed by atoms with Crippen molar-refractivity contribution in [2.45, 2.75) is 32.4 Å². The highest BCUT2D eigenvalue weighted by Crippen LogP contribution is 2.36. The highest BCUT2D eigenvalue weighted by Gasteiger charge is 2.32. The lowest BCUT2D eigenvalue weighted by atomic mass is 10.1. The van der Waals surface area contributed by atoms with Crippen LogP contribution in [0.1, 0.15) is 36.7 Å². The predicted molar refractivity (Wildman–Crippen MR) is 91.9 cm³/mol. The maximum Gasteiger partial charge on any atom is 0.416 e. The number of thioether (sulfide) groups is 1. The van der Waals surface area contributed by atoms with Gasteiger partial charge in [0.2, 0.25) is 0 Å². The summed E-state index contributed by atoms with van der Waals surface area (Å²) in [5.41, 5.74) is -0.179. The van der Waals surface area contributed by atoms with Gasteiger partial charge in [-0.15, -0.1) is 0 Å². The van der Waals surface area contributed by atoms with E-state index in [0.29, 0.717) is 19.8 Å². The SMILES string of the molecule is CCOCCN1C(C)=C(C)SC1NC(=O)c1cccc(C(F)(F)F)c1. The Morgan fingerprint density at radius 3 is 2.72 bits per heavy atom. The van der Waals surface area contributed by atoms with E-state index < -0.39 is 17.6 Å². The fraction of sp³-hybridized carbons (Fsp3) is 0.471. The molecule has 0 saturated heterocycles. The number of hydrogen-bond acceptors (Lipinski definition) is 4. The fourth-order valence-corrected chi connectivity index (χ4v) is 3.61. The van der Waals surface area contributed by atoms with Gasteiger partial charge in [-0.2, -0.15) is 13.2 Å². The molecule has 1 aromatic carbocycles. The zero-order valence-corrected chi connectivity index (χ0v) is 15.1. The molecule has 0 spiro atoms. The van der Waals surface area contributed by atoms with E-state index in [4.69, 9.17) is 4.74 Å². The topological polar surface area (TPSA) is 41.6 Å². The molecule has 4 nitrogen and oxygen atoms in total. The first-order chi connectivity index (χ1) is 11.7. The third-order valence-corrected chi connectivity index (χ3v) is 5.14. The van der Waals surface area contributed by atoms with Crippen LogP contribution in [-0.4, -0.2) is 36.1 Å². The van der Waals surface area contributed by atoms with Crippen LogP contribution in [0.15, 0.2) is 34.9 Å². The van der Waals surface area contributed by atoms with Crippen molar-refractivity contribution < 1.29 is 22.7 Å². The van der Waals surface area contributed by atoms with Gasteiger partial charge < -0.3 is 15.0 Å². The molecule has 138 valence electrons. The summed E-state index contributed by atoms with van der Waals surface area (Å²) in [5, 5.41) is 2.80. The lowest BCUT2D eigenvalue weighted by Gasteiger charge is -2.28. The first kappa shape index (κ1) is 19.7. The maximum atomic E-state index is 12.8. The molecule has 1 aliphatic heterocycles. The molecule has 1 aromatic rings. The first-order valence-electron chi connectivity index (χ1n) is 7.90. The van der Waals surface area contributed by atoms with Gasteiger partial charge in [0.15, 0.2) is 5.50 Å². The number of nitrogens with zero attached hydrogens (tertiary/aromatic N) is 1. The van der Waals surface area contributed by atoms with Crippen molar-refractivity contribution in [1.29, 1.82) is 0 Å². The van der Waals surface area contributed by atoms with E-state index in [9.17, 15) is 18.0 Å². The van der Waals surface area contributed by atoms with Crippen LogP contribution in [0.4, 0.5) is 13.2 Å². The molecule has 1 heterocycles. The number of allylic oxidation sites excluding steroid dienone is 2. The Kier molecular flexibility index (Phi) is 6.40. The highest BCUT2D eigenvalue weighted by atomic mass is 32.2. The summed E-state index contributed by atoms with van der Waals surface area (Å²) in [5.74, 6) is -0.535. The summed E-state index contributed by atoms with van der Waals surface area (Å²) in [7, 11) is 0. The molecular weight excluding hydrogens is 353 g/mol. The second-order valence-electron chi connectivity index (χ2n) is 5.55. The molecule has 1 N–H and O–H groups in total. The minimum absolute atomic E-state index is 0.0117. The van der Waals surface area contributed by atoms with Crippen LogP contribution in [0.2, 0.25) is 0 Å². The van der Waals surface area contributed by atoms with E-state index in [-0.39, 0.29) is 11.1 Å². The van der Waals surface area contributed by atoms with Crippen molar-refractivity contribution in [3.8, 4) is 0 Å². The molecule has 1 amide bonds. The number of carbonyl (C=O) groups is 1. The van der Waals surface area contributed by atoms with Crippen molar-refractivity contribution in [3.63, 3.8) is 0 Å². The Morgan fingerprint density at radius 2 is 2.08 bits per heavy atom. The van der Waals surface area contributed by atoms with Crippen LogP contribution in [0.25, 0.3) is 0 Å². The zero-order chi connectivity index (χ0) is 18.6. The summed E-state index contributed by atoms with van der Waals surface area (Å²) in [6, 6.07) is 4.43. The molecular formula is C17H21F3N2O2S. The molecule has 0 radical (unpaired) electrons. The van der Waals surface area contributed by atoms with E-state index in [1.54, 1.807) is 0 Å². The molecule has 25 heavy (non-hydrogen) atoms. The Morgan fingerprint density at radius 1 is 1.36 bits per heavy atom. The van der Waals surface area contributed by atoms with Gasteiger partial charge in [-0.25, -0.2) is 0 Å². The van der Waals surface area contributed by atoms with Crippen molar-refractivity contribution in [2.75, 3.05) is 19.8 Å². The predicted octanol–water partition coefficient (Wildman–Crippen LogP) is 4.06. The lowest BCUT2D eigenvalue weighted by molar-refractivity contribution is -0.137. The summed E-state index contributed by atoms with van der Waals surface area (Å²) in [4.78, 5) is 15.4. The Labute approximate surface area is 149 Å². The van der Waals surface area contributed by atoms with Crippen molar-refractivity contribution >= 4 is 17.7 Å². The number of rotatable bonds is 6. The van der Waals surface area contributed by atoms with Gasteiger partial charge in [-0.05, 0) is 39.0 Å². The zero-order valence-electron chi connectivity index (χ0n) is 14.3. The molecule has 0 fully saturated rings. The normalized spacial score (nSPS) is 18.0. The third kappa shape index (κ3) is 4.92. The first-order valence-corrected chi connectivity index (χ1v) is 8.78. The van der Waals surface area contributed by atoms with E-state index >= 15 is 0 Å². The number of nitrogens with one attached hydrogen (secondary N) is 1. The second kappa shape index (κ2) is 8.14. The molecule has 1 unspecified atom stereocenters. The van der Waals surface area contributed by atoms with Crippen molar-refractivity contribution in [1.82, 2.24) is 10.2 Å². The number of ether oxygens (including phenoxy) is 1. The van der Waals surface area contributed by atoms with Gasteiger partial charge in [-0.1, -0.05) is 17.8 Å². The molecule has 2 rings (SSSR count). The molecule has 0 aliphatic carbocycles. The summed E-state index contributed by atoms with van der Waals surface area (Å²) in [6.07, 6.45) is -4.48. The van der Waals surface area contributed by atoms with Gasteiger partial charge in [0.25, 0.3) is 5.91 Å². The van der Waals surface area contributed by atoms with E-state index in [1.807, 2.05) is 25.7 Å². The van der Waals surface area contributed by atoms with E-state index in [2.05, 4.69) is 5.32 Å². The average molecular weight is 374 g/mol. The number of benzene rings is 1. The van der Waals surface area contributed by atoms with Crippen LogP contribution in [0.3, 0.4) is 0 Å². The summed E-state index contributed by atoms with van der Waals surface area (Å²) < 4.78 is 43.8. The second-order valence-corrected chi connectivity index (χ2v) is 6.85. The van der Waals surface area contributed by atoms with Crippen molar-refractivity contribution in [2.24, 2.45) is 0 Å². The Hall–Kier alpha value is -1.67. The van der Waals surface area contributed by atoms with Gasteiger partial charge in [0, 0.05) is 29.3 Å². The van der Waals surface area contributed by atoms with Crippen LogP contribution in [0, 0.1) is 0 Å². The lowest BCUT2D eigenvalue weighted by Crippen LogP contribution is -2.44. The van der Waals surface area contributed by atoms with E-state index in [1.165, 1.54) is 23.9 Å². The molecule has 0 saturated carbocycles. The van der Waals surface area contributed by atoms with Crippen LogP contribution < -0.4 is 5.32 Å². The monoisotopic (exact) mass is 374 g/mol. The molecule has 1 aliphatic rings. The third-order valence-electron chi connectivity index (χ3n) is 3.90. The van der Waals surface area contributed by atoms with Crippen LogP contribution in [-0.2, 0) is 10.9 Å². The molecule has 1 atom stereocenters. The Balaban J connectivity index is 2.09.